The largest absolute Gasteiger partial charge is 0.378 e. The molecule has 2 aromatic rings. The lowest BCUT2D eigenvalue weighted by Gasteiger charge is -2.28. The van der Waals surface area contributed by atoms with E-state index in [2.05, 4.69) is 36.1 Å². The molecule has 1 aromatic carbocycles. The van der Waals surface area contributed by atoms with Crippen LogP contribution in [0, 0.1) is 6.92 Å². The SMILES string of the molecule is Cc1c2c(nc3ccccc13)CCN(CCC(=O)N1CCOCC1)CC2. The van der Waals surface area contributed by atoms with Crippen LogP contribution >= 0.6 is 0 Å². The maximum Gasteiger partial charge on any atom is 0.224 e. The highest BCUT2D eigenvalue weighted by atomic mass is 16.5. The topological polar surface area (TPSA) is 45.7 Å². The molecule has 5 heteroatoms. The minimum Gasteiger partial charge on any atom is -0.378 e. The third-order valence-corrected chi connectivity index (χ3v) is 5.71. The van der Waals surface area contributed by atoms with Crippen LogP contribution in [-0.4, -0.2) is 66.6 Å². The average molecular weight is 353 g/mol. The molecule has 0 radical (unpaired) electrons. The van der Waals surface area contributed by atoms with Crippen molar-refractivity contribution in [1.82, 2.24) is 14.8 Å². The van der Waals surface area contributed by atoms with Gasteiger partial charge in [0.15, 0.2) is 0 Å². The van der Waals surface area contributed by atoms with Crippen molar-refractivity contribution in [2.24, 2.45) is 0 Å². The van der Waals surface area contributed by atoms with Crippen LogP contribution in [0.5, 0.6) is 0 Å². The summed E-state index contributed by atoms with van der Waals surface area (Å²) in [6.07, 6.45) is 2.59. The minimum atomic E-state index is 0.259. The summed E-state index contributed by atoms with van der Waals surface area (Å²) in [4.78, 5) is 21.7. The predicted molar refractivity (Wildman–Crippen MR) is 102 cm³/mol. The Hall–Kier alpha value is -1.98. The van der Waals surface area contributed by atoms with Crippen LogP contribution in [0.4, 0.5) is 0 Å². The van der Waals surface area contributed by atoms with E-state index in [0.717, 1.165) is 51.1 Å². The quantitative estimate of drug-likeness (QED) is 0.849. The second kappa shape index (κ2) is 7.72. The van der Waals surface area contributed by atoms with Crippen molar-refractivity contribution in [2.45, 2.75) is 26.2 Å². The van der Waals surface area contributed by atoms with Crippen molar-refractivity contribution >= 4 is 16.8 Å². The zero-order valence-corrected chi connectivity index (χ0v) is 15.5. The number of para-hydroxylation sites is 1. The number of fused-ring (bicyclic) bond motifs is 2. The van der Waals surface area contributed by atoms with E-state index in [1.807, 2.05) is 4.90 Å². The van der Waals surface area contributed by atoms with E-state index in [-0.39, 0.29) is 5.91 Å². The van der Waals surface area contributed by atoms with Crippen LogP contribution in [0.15, 0.2) is 24.3 Å². The van der Waals surface area contributed by atoms with E-state index in [9.17, 15) is 4.79 Å². The number of aromatic nitrogens is 1. The second-order valence-electron chi connectivity index (χ2n) is 7.26. The van der Waals surface area contributed by atoms with Gasteiger partial charge in [0.25, 0.3) is 0 Å². The fourth-order valence-electron chi connectivity index (χ4n) is 4.11. The lowest BCUT2D eigenvalue weighted by Crippen LogP contribution is -2.42. The first kappa shape index (κ1) is 17.4. The van der Waals surface area contributed by atoms with Gasteiger partial charge in [-0.1, -0.05) is 18.2 Å². The molecule has 0 saturated carbocycles. The van der Waals surface area contributed by atoms with E-state index in [4.69, 9.17) is 9.72 Å². The summed E-state index contributed by atoms with van der Waals surface area (Å²) in [5.74, 6) is 0.259. The number of nitrogens with zero attached hydrogens (tertiary/aromatic N) is 3. The molecule has 138 valence electrons. The Balaban J connectivity index is 1.41. The molecule has 3 heterocycles. The lowest BCUT2D eigenvalue weighted by atomic mass is 9.99. The molecular weight excluding hydrogens is 326 g/mol. The number of aryl methyl sites for hydroxylation is 1. The Morgan fingerprint density at radius 3 is 2.73 bits per heavy atom. The van der Waals surface area contributed by atoms with Gasteiger partial charge in [0.1, 0.15) is 0 Å². The van der Waals surface area contributed by atoms with Crippen molar-refractivity contribution in [2.75, 3.05) is 45.9 Å². The highest BCUT2D eigenvalue weighted by molar-refractivity contribution is 5.83. The van der Waals surface area contributed by atoms with E-state index >= 15 is 0 Å². The highest BCUT2D eigenvalue weighted by Gasteiger charge is 2.21. The van der Waals surface area contributed by atoms with Gasteiger partial charge in [0.05, 0.1) is 18.7 Å². The third-order valence-electron chi connectivity index (χ3n) is 5.71. The lowest BCUT2D eigenvalue weighted by molar-refractivity contribution is -0.135. The van der Waals surface area contributed by atoms with Gasteiger partial charge in [-0.05, 0) is 30.5 Å². The van der Waals surface area contributed by atoms with Gasteiger partial charge in [-0.3, -0.25) is 9.78 Å². The van der Waals surface area contributed by atoms with Crippen molar-refractivity contribution in [3.05, 3.63) is 41.1 Å². The fourth-order valence-corrected chi connectivity index (χ4v) is 4.11. The number of morpholine rings is 1. The molecule has 0 atom stereocenters. The minimum absolute atomic E-state index is 0.259. The molecular formula is C21H27N3O2. The molecule has 1 saturated heterocycles. The first-order valence-corrected chi connectivity index (χ1v) is 9.67. The van der Waals surface area contributed by atoms with E-state index < -0.39 is 0 Å². The predicted octanol–water partition coefficient (Wildman–Crippen LogP) is 2.19. The fraction of sp³-hybridized carbons (Fsp3) is 0.524. The number of carbonyl (C=O) groups is 1. The zero-order valence-electron chi connectivity index (χ0n) is 15.5. The first-order chi connectivity index (χ1) is 12.7. The molecule has 1 amide bonds. The normalized spacial score (nSPS) is 18.6. The summed E-state index contributed by atoms with van der Waals surface area (Å²) in [5, 5.41) is 1.27. The molecule has 5 nitrogen and oxygen atoms in total. The van der Waals surface area contributed by atoms with Crippen molar-refractivity contribution in [1.29, 1.82) is 0 Å². The number of pyridine rings is 1. The van der Waals surface area contributed by atoms with Gasteiger partial charge < -0.3 is 14.5 Å². The van der Waals surface area contributed by atoms with Crippen LogP contribution in [0.25, 0.3) is 10.9 Å². The van der Waals surface area contributed by atoms with Crippen LogP contribution in [-0.2, 0) is 22.4 Å². The molecule has 2 aliphatic rings. The van der Waals surface area contributed by atoms with E-state index in [1.165, 1.54) is 22.2 Å². The molecule has 1 fully saturated rings. The number of ether oxygens (including phenoxy) is 1. The van der Waals surface area contributed by atoms with Crippen molar-refractivity contribution in [3.63, 3.8) is 0 Å². The zero-order chi connectivity index (χ0) is 17.9. The van der Waals surface area contributed by atoms with Gasteiger partial charge in [0.2, 0.25) is 5.91 Å². The maximum absolute atomic E-state index is 12.4. The highest BCUT2D eigenvalue weighted by Crippen LogP contribution is 2.25. The van der Waals surface area contributed by atoms with Crippen molar-refractivity contribution in [3.8, 4) is 0 Å². The smallest absolute Gasteiger partial charge is 0.224 e. The van der Waals surface area contributed by atoms with E-state index in [1.54, 1.807) is 0 Å². The van der Waals surface area contributed by atoms with Crippen molar-refractivity contribution < 1.29 is 9.53 Å². The molecule has 0 bridgehead atoms. The Bertz CT molecular complexity index is 799. The number of hydrogen-bond acceptors (Lipinski definition) is 4. The summed E-state index contributed by atoms with van der Waals surface area (Å²) in [5.41, 5.74) is 5.12. The Morgan fingerprint density at radius 2 is 1.88 bits per heavy atom. The molecule has 0 N–H and O–H groups in total. The van der Waals surface area contributed by atoms with Crippen LogP contribution in [0.2, 0.25) is 0 Å². The number of carbonyl (C=O) groups excluding carboxylic acids is 1. The number of hydrogen-bond donors (Lipinski definition) is 0. The van der Waals surface area contributed by atoms with Crippen LogP contribution < -0.4 is 0 Å². The van der Waals surface area contributed by atoms with Crippen LogP contribution in [0.3, 0.4) is 0 Å². The summed E-state index contributed by atoms with van der Waals surface area (Å²) in [7, 11) is 0. The third kappa shape index (κ3) is 3.60. The second-order valence-corrected chi connectivity index (χ2v) is 7.26. The van der Waals surface area contributed by atoms with Gasteiger partial charge >= 0.3 is 0 Å². The standard InChI is InChI=1S/C21H27N3O2/c1-16-17-4-2-3-5-19(17)22-20-7-10-23(9-6-18(16)20)11-8-21(25)24-12-14-26-15-13-24/h2-5H,6-15H2,1H3. The van der Waals surface area contributed by atoms with Gasteiger partial charge in [-0.15, -0.1) is 0 Å². The Morgan fingerprint density at radius 1 is 1.12 bits per heavy atom. The molecule has 4 rings (SSSR count). The molecule has 26 heavy (non-hydrogen) atoms. The molecule has 0 spiro atoms. The van der Waals surface area contributed by atoms with Gasteiger partial charge in [-0.2, -0.15) is 0 Å². The Kier molecular flexibility index (Phi) is 5.18. The number of benzene rings is 1. The molecule has 0 unspecified atom stereocenters. The summed E-state index contributed by atoms with van der Waals surface area (Å²) < 4.78 is 5.33. The van der Waals surface area contributed by atoms with Gasteiger partial charge in [0, 0.05) is 56.6 Å². The Labute approximate surface area is 154 Å². The van der Waals surface area contributed by atoms with E-state index in [0.29, 0.717) is 19.6 Å². The molecule has 2 aliphatic heterocycles. The summed E-state index contributed by atoms with van der Waals surface area (Å²) in [6, 6.07) is 8.42. The molecule has 0 aliphatic carbocycles. The van der Waals surface area contributed by atoms with Gasteiger partial charge in [-0.25, -0.2) is 0 Å². The van der Waals surface area contributed by atoms with Crippen LogP contribution in [0.1, 0.15) is 23.2 Å². The summed E-state index contributed by atoms with van der Waals surface area (Å²) >= 11 is 0. The summed E-state index contributed by atoms with van der Waals surface area (Å²) in [6.45, 7) is 7.86. The average Bonchev–Trinajstić information content (AvgIpc) is 2.89. The maximum atomic E-state index is 12.4. The number of amides is 1. The monoisotopic (exact) mass is 353 g/mol. The number of rotatable bonds is 3. The first-order valence-electron chi connectivity index (χ1n) is 9.67. The molecule has 1 aromatic heterocycles.